The van der Waals surface area contributed by atoms with Crippen molar-refractivity contribution in [2.24, 2.45) is 5.92 Å². The van der Waals surface area contributed by atoms with Crippen LogP contribution in [-0.4, -0.2) is 47.0 Å². The molecule has 0 radical (unpaired) electrons. The fourth-order valence-electron chi connectivity index (χ4n) is 4.32. The van der Waals surface area contributed by atoms with E-state index >= 15 is 0 Å². The maximum atomic E-state index is 14.1. The monoisotopic (exact) mass is 501 g/mol. The Morgan fingerprint density at radius 3 is 2.14 bits per heavy atom. The van der Waals surface area contributed by atoms with E-state index in [-0.39, 0.29) is 30.3 Å². The molecule has 0 aromatic heterocycles. The summed E-state index contributed by atoms with van der Waals surface area (Å²) in [6.45, 7) is 21.2. The van der Waals surface area contributed by atoms with Crippen LogP contribution in [-0.2, 0) is 14.3 Å². The fraction of sp³-hybridized carbons (Fsp3) is 0.621. The Morgan fingerprint density at radius 2 is 1.67 bits per heavy atom. The van der Waals surface area contributed by atoms with Gasteiger partial charge in [-0.15, -0.1) is 6.58 Å². The van der Waals surface area contributed by atoms with Gasteiger partial charge in [0.05, 0.1) is 0 Å². The summed E-state index contributed by atoms with van der Waals surface area (Å²) >= 11 is 0. The second kappa shape index (κ2) is 14.0. The van der Waals surface area contributed by atoms with E-state index in [4.69, 9.17) is 4.74 Å². The number of alkyl carbamates (subject to hydrolysis) is 1. The number of ether oxygens (including phenoxy) is 1. The van der Waals surface area contributed by atoms with Crippen LogP contribution in [0.3, 0.4) is 0 Å². The lowest BCUT2D eigenvalue weighted by Crippen LogP contribution is -2.54. The summed E-state index contributed by atoms with van der Waals surface area (Å²) in [7, 11) is 0. The molecule has 7 heteroatoms. The van der Waals surface area contributed by atoms with Crippen molar-refractivity contribution in [3.8, 4) is 0 Å². The normalized spacial score (nSPS) is 13.9. The predicted molar refractivity (Wildman–Crippen MR) is 146 cm³/mol. The van der Waals surface area contributed by atoms with Crippen molar-refractivity contribution in [2.75, 3.05) is 6.54 Å². The second-order valence-electron chi connectivity index (χ2n) is 11.0. The maximum Gasteiger partial charge on any atom is 0.408 e. The summed E-state index contributed by atoms with van der Waals surface area (Å²) in [5, 5.41) is 5.86. The number of nitrogens with zero attached hydrogens (tertiary/aromatic N) is 1. The minimum atomic E-state index is -0.869. The summed E-state index contributed by atoms with van der Waals surface area (Å²) in [6.07, 6.45) is 3.11. The lowest BCUT2D eigenvalue weighted by molar-refractivity contribution is -0.142. The highest BCUT2D eigenvalue weighted by Gasteiger charge is 2.37. The Bertz CT molecular complexity index is 884. The van der Waals surface area contributed by atoms with Gasteiger partial charge in [-0.1, -0.05) is 51.5 Å². The molecule has 36 heavy (non-hydrogen) atoms. The number of aryl methyl sites for hydroxylation is 2. The molecular weight excluding hydrogens is 454 g/mol. The number of carbonyl (C=O) groups excluding carboxylic acids is 3. The number of benzene rings is 1. The zero-order chi connectivity index (χ0) is 27.6. The van der Waals surface area contributed by atoms with Crippen molar-refractivity contribution < 1.29 is 19.1 Å². The van der Waals surface area contributed by atoms with E-state index in [0.717, 1.165) is 29.5 Å². The van der Waals surface area contributed by atoms with Gasteiger partial charge in [0.1, 0.15) is 17.7 Å². The van der Waals surface area contributed by atoms with Gasteiger partial charge in [-0.05, 0) is 77.0 Å². The molecule has 0 saturated heterocycles. The van der Waals surface area contributed by atoms with Crippen molar-refractivity contribution in [1.29, 1.82) is 0 Å². The summed E-state index contributed by atoms with van der Waals surface area (Å²) in [5.41, 5.74) is 1.92. The molecule has 0 bridgehead atoms. The average Bonchev–Trinajstić information content (AvgIpc) is 2.72. The third-order valence-electron chi connectivity index (χ3n) is 5.79. The van der Waals surface area contributed by atoms with Crippen molar-refractivity contribution >= 4 is 17.9 Å². The van der Waals surface area contributed by atoms with Crippen LogP contribution in [0.4, 0.5) is 4.79 Å². The molecule has 3 unspecified atom stereocenters. The average molecular weight is 502 g/mol. The maximum absolute atomic E-state index is 14.1. The van der Waals surface area contributed by atoms with Crippen molar-refractivity contribution in [3.05, 3.63) is 47.5 Å². The predicted octanol–water partition coefficient (Wildman–Crippen LogP) is 5.60. The van der Waals surface area contributed by atoms with E-state index in [0.29, 0.717) is 6.42 Å². The van der Waals surface area contributed by atoms with E-state index in [1.165, 1.54) is 4.90 Å². The van der Waals surface area contributed by atoms with Crippen LogP contribution >= 0.6 is 0 Å². The van der Waals surface area contributed by atoms with E-state index in [1.807, 2.05) is 52.8 Å². The summed E-state index contributed by atoms with van der Waals surface area (Å²) in [5.74, 6) is -0.471. The van der Waals surface area contributed by atoms with Gasteiger partial charge in [0.15, 0.2) is 0 Å². The first kappa shape index (κ1) is 31.2. The van der Waals surface area contributed by atoms with Gasteiger partial charge in [-0.3, -0.25) is 9.59 Å². The fourth-order valence-corrected chi connectivity index (χ4v) is 4.32. The first-order valence-corrected chi connectivity index (χ1v) is 13.0. The summed E-state index contributed by atoms with van der Waals surface area (Å²) in [6, 6.07) is 4.06. The molecule has 1 aromatic carbocycles. The number of carbonyl (C=O) groups is 3. The van der Waals surface area contributed by atoms with Crippen LogP contribution in [0.25, 0.3) is 0 Å². The molecule has 0 aliphatic carbocycles. The molecule has 3 atom stereocenters. The van der Waals surface area contributed by atoms with Gasteiger partial charge >= 0.3 is 6.09 Å². The molecule has 0 heterocycles. The molecule has 0 aliphatic heterocycles. The third kappa shape index (κ3) is 9.67. The molecule has 0 spiro atoms. The molecule has 1 aromatic rings. The highest BCUT2D eigenvalue weighted by molar-refractivity contribution is 5.92. The number of amides is 3. The Kier molecular flexibility index (Phi) is 12.2. The first-order chi connectivity index (χ1) is 16.7. The van der Waals surface area contributed by atoms with Crippen LogP contribution in [0.5, 0.6) is 0 Å². The largest absolute Gasteiger partial charge is 0.444 e. The Labute approximate surface area is 218 Å². The molecule has 1 rings (SSSR count). The molecule has 2 N–H and O–H groups in total. The lowest BCUT2D eigenvalue weighted by atomic mass is 9.92. The van der Waals surface area contributed by atoms with Crippen LogP contribution in [0, 0.1) is 19.8 Å². The van der Waals surface area contributed by atoms with E-state index in [2.05, 4.69) is 24.1 Å². The molecule has 7 nitrogen and oxygen atoms in total. The Morgan fingerprint density at radius 1 is 1.08 bits per heavy atom. The molecule has 0 saturated carbocycles. The number of rotatable bonds is 12. The SMILES string of the molecule is C=CCN(C(=O)C(CC(C)C)NC(=O)OC(C)(C)C)C(C(=O)NC(C)CCC)c1c(C)cccc1C. The molecule has 0 aliphatic rings. The van der Waals surface area contributed by atoms with Gasteiger partial charge < -0.3 is 20.3 Å². The smallest absolute Gasteiger partial charge is 0.408 e. The molecule has 3 amide bonds. The molecule has 202 valence electrons. The Hall–Kier alpha value is -2.83. The summed E-state index contributed by atoms with van der Waals surface area (Å²) < 4.78 is 5.43. The highest BCUT2D eigenvalue weighted by Crippen LogP contribution is 2.29. The standard InChI is InChI=1S/C29H47N3O4/c1-11-14-22(7)30-26(33)25(24-20(5)15-13-16-21(24)6)32(17-12-2)27(34)23(18-19(3)4)31-28(35)36-29(8,9)10/h12-13,15-16,19,22-23,25H,2,11,14,17-18H2,1,3-10H3,(H,30,33)(H,31,35). The van der Waals surface area contributed by atoms with Crippen molar-refractivity contribution in [3.63, 3.8) is 0 Å². The minimum absolute atomic E-state index is 0.0404. The number of hydrogen-bond acceptors (Lipinski definition) is 4. The quantitative estimate of drug-likeness (QED) is 0.365. The number of hydrogen-bond donors (Lipinski definition) is 2. The van der Waals surface area contributed by atoms with Crippen molar-refractivity contribution in [2.45, 2.75) is 105 Å². The number of nitrogens with one attached hydrogen (secondary N) is 2. The lowest BCUT2D eigenvalue weighted by Gasteiger charge is -2.36. The van der Waals surface area contributed by atoms with Gasteiger partial charge in [0.25, 0.3) is 0 Å². The van der Waals surface area contributed by atoms with Gasteiger partial charge in [-0.25, -0.2) is 4.79 Å². The van der Waals surface area contributed by atoms with Crippen LogP contribution in [0.1, 0.15) is 90.5 Å². The molecular formula is C29H47N3O4. The van der Waals surface area contributed by atoms with Crippen LogP contribution in [0.2, 0.25) is 0 Å². The topological polar surface area (TPSA) is 87.7 Å². The van der Waals surface area contributed by atoms with Crippen LogP contribution in [0.15, 0.2) is 30.9 Å². The van der Waals surface area contributed by atoms with E-state index in [1.54, 1.807) is 26.8 Å². The Balaban J connectivity index is 3.54. The van der Waals surface area contributed by atoms with E-state index in [9.17, 15) is 14.4 Å². The minimum Gasteiger partial charge on any atom is -0.444 e. The summed E-state index contributed by atoms with van der Waals surface area (Å²) in [4.78, 5) is 42.0. The zero-order valence-corrected chi connectivity index (χ0v) is 23.7. The second-order valence-corrected chi connectivity index (χ2v) is 11.0. The van der Waals surface area contributed by atoms with Gasteiger partial charge in [0.2, 0.25) is 11.8 Å². The van der Waals surface area contributed by atoms with Crippen molar-refractivity contribution in [1.82, 2.24) is 15.5 Å². The van der Waals surface area contributed by atoms with Crippen LogP contribution < -0.4 is 10.6 Å². The van der Waals surface area contributed by atoms with E-state index < -0.39 is 23.8 Å². The first-order valence-electron chi connectivity index (χ1n) is 13.0. The third-order valence-corrected chi connectivity index (χ3v) is 5.79. The highest BCUT2D eigenvalue weighted by atomic mass is 16.6. The van der Waals surface area contributed by atoms with Gasteiger partial charge in [0, 0.05) is 12.6 Å². The zero-order valence-electron chi connectivity index (χ0n) is 23.7. The molecule has 0 fully saturated rings. The van der Waals surface area contributed by atoms with Gasteiger partial charge in [-0.2, -0.15) is 0 Å².